The molecule has 0 fully saturated rings. The minimum atomic E-state index is -1.05. The fraction of sp³-hybridized carbons (Fsp3) is 0.333. The first kappa shape index (κ1) is 17.4. The first-order chi connectivity index (χ1) is 11.8. The maximum absolute atomic E-state index is 12.7. The van der Waals surface area contributed by atoms with E-state index < -0.39 is 5.97 Å². The van der Waals surface area contributed by atoms with Crippen molar-refractivity contribution in [3.05, 3.63) is 51.9 Å². The lowest BCUT2D eigenvalue weighted by Gasteiger charge is -2.28. The van der Waals surface area contributed by atoms with Crippen LogP contribution >= 0.6 is 11.6 Å². The third-order valence-corrected chi connectivity index (χ3v) is 4.48. The molecular weight excluding hydrogens is 346 g/mol. The maximum atomic E-state index is 12.7. The molecule has 0 spiro atoms. The van der Waals surface area contributed by atoms with Crippen LogP contribution < -0.4 is 4.74 Å². The Morgan fingerprint density at radius 1 is 1.36 bits per heavy atom. The highest BCUT2D eigenvalue weighted by atomic mass is 35.5. The number of halogens is 1. The summed E-state index contributed by atoms with van der Waals surface area (Å²) in [6, 6.07) is 6.83. The van der Waals surface area contributed by atoms with Gasteiger partial charge in [-0.25, -0.2) is 4.79 Å². The predicted molar refractivity (Wildman–Crippen MR) is 91.0 cm³/mol. The first-order valence-corrected chi connectivity index (χ1v) is 8.21. The maximum Gasteiger partial charge on any atom is 0.339 e. The van der Waals surface area contributed by atoms with Gasteiger partial charge in [0.25, 0.3) is 0 Å². The van der Waals surface area contributed by atoms with Crippen molar-refractivity contribution >= 4 is 23.5 Å². The van der Waals surface area contributed by atoms with Gasteiger partial charge in [-0.15, -0.1) is 0 Å². The molecule has 0 aliphatic carbocycles. The third kappa shape index (κ3) is 3.64. The van der Waals surface area contributed by atoms with Crippen molar-refractivity contribution in [2.75, 3.05) is 13.7 Å². The van der Waals surface area contributed by atoms with Gasteiger partial charge in [0.15, 0.2) is 0 Å². The lowest BCUT2D eigenvalue weighted by molar-refractivity contribution is -0.136. The number of hydrogen-bond acceptors (Lipinski definition) is 4. The minimum absolute atomic E-state index is 0.0865. The van der Waals surface area contributed by atoms with E-state index in [-0.39, 0.29) is 23.9 Å². The van der Waals surface area contributed by atoms with Crippen LogP contribution in [0.25, 0.3) is 0 Å². The standard InChI is InChI=1S/C18H18ClNO5/c1-10-15(18(22)23)7-14(25-10)8-20(2)17(21)12-5-11-6-13(19)3-4-16(11)24-9-12/h3-4,6-7,12H,5,8-9H2,1-2H3,(H,22,23). The van der Waals surface area contributed by atoms with Crippen LogP contribution in [0.5, 0.6) is 5.75 Å². The van der Waals surface area contributed by atoms with E-state index in [0.29, 0.717) is 29.6 Å². The second-order valence-electron chi connectivity index (χ2n) is 6.15. The highest BCUT2D eigenvalue weighted by molar-refractivity contribution is 6.30. The number of aryl methyl sites for hydroxylation is 1. The van der Waals surface area contributed by atoms with Gasteiger partial charge in [0.05, 0.1) is 12.5 Å². The van der Waals surface area contributed by atoms with Crippen LogP contribution in [0.1, 0.15) is 27.4 Å². The zero-order chi connectivity index (χ0) is 18.1. The van der Waals surface area contributed by atoms with Crippen LogP contribution in [0.2, 0.25) is 5.02 Å². The van der Waals surface area contributed by atoms with E-state index >= 15 is 0 Å². The first-order valence-electron chi connectivity index (χ1n) is 7.84. The van der Waals surface area contributed by atoms with Gasteiger partial charge >= 0.3 is 5.97 Å². The summed E-state index contributed by atoms with van der Waals surface area (Å²) in [4.78, 5) is 25.3. The van der Waals surface area contributed by atoms with Crippen LogP contribution in [0.4, 0.5) is 0 Å². The van der Waals surface area contributed by atoms with Gasteiger partial charge in [0.2, 0.25) is 5.91 Å². The zero-order valence-corrected chi connectivity index (χ0v) is 14.7. The molecule has 1 atom stereocenters. The molecule has 0 bridgehead atoms. The van der Waals surface area contributed by atoms with Crippen LogP contribution in [-0.4, -0.2) is 35.5 Å². The lowest BCUT2D eigenvalue weighted by atomic mass is 9.95. The summed E-state index contributed by atoms with van der Waals surface area (Å²) in [6.07, 6.45) is 0.552. The second kappa shape index (κ2) is 6.80. The van der Waals surface area contributed by atoms with Gasteiger partial charge in [0.1, 0.15) is 29.4 Å². The fourth-order valence-electron chi connectivity index (χ4n) is 2.98. The van der Waals surface area contributed by atoms with E-state index in [0.717, 1.165) is 11.3 Å². The molecule has 132 valence electrons. The van der Waals surface area contributed by atoms with Crippen molar-refractivity contribution in [1.82, 2.24) is 4.90 Å². The van der Waals surface area contributed by atoms with E-state index in [9.17, 15) is 9.59 Å². The molecular formula is C18H18ClNO5. The summed E-state index contributed by atoms with van der Waals surface area (Å²) in [5.41, 5.74) is 1.02. The van der Waals surface area contributed by atoms with Crippen molar-refractivity contribution in [2.24, 2.45) is 5.92 Å². The molecule has 25 heavy (non-hydrogen) atoms. The van der Waals surface area contributed by atoms with Gasteiger partial charge in [-0.3, -0.25) is 4.79 Å². The van der Waals surface area contributed by atoms with Gasteiger partial charge in [0, 0.05) is 12.1 Å². The van der Waals surface area contributed by atoms with E-state index in [4.69, 9.17) is 25.9 Å². The summed E-state index contributed by atoms with van der Waals surface area (Å²) >= 11 is 6.01. The summed E-state index contributed by atoms with van der Waals surface area (Å²) in [7, 11) is 1.66. The van der Waals surface area contributed by atoms with Gasteiger partial charge in [-0.05, 0) is 43.2 Å². The van der Waals surface area contributed by atoms with Gasteiger partial charge in [-0.1, -0.05) is 11.6 Å². The molecule has 1 aliphatic rings. The summed E-state index contributed by atoms with van der Waals surface area (Å²) in [5.74, 6) is 0.0703. The highest BCUT2D eigenvalue weighted by Gasteiger charge is 2.29. The number of carbonyl (C=O) groups excluding carboxylic acids is 1. The number of furan rings is 1. The molecule has 7 heteroatoms. The lowest BCUT2D eigenvalue weighted by Crippen LogP contribution is -2.38. The SMILES string of the molecule is Cc1oc(CN(C)C(=O)C2COc3ccc(Cl)cc3C2)cc1C(=O)O. The van der Waals surface area contributed by atoms with E-state index in [2.05, 4.69) is 0 Å². The van der Waals surface area contributed by atoms with Crippen LogP contribution in [0.15, 0.2) is 28.7 Å². The normalized spacial score (nSPS) is 16.0. The molecule has 0 radical (unpaired) electrons. The number of amides is 1. The number of aromatic carboxylic acids is 1. The van der Waals surface area contributed by atoms with E-state index in [1.54, 1.807) is 26.1 Å². The number of nitrogens with zero attached hydrogens (tertiary/aromatic N) is 1. The number of ether oxygens (including phenoxy) is 1. The summed E-state index contributed by atoms with van der Waals surface area (Å²) < 4.78 is 11.1. The smallest absolute Gasteiger partial charge is 0.339 e. The monoisotopic (exact) mass is 363 g/mol. The van der Waals surface area contributed by atoms with Crippen molar-refractivity contribution in [3.8, 4) is 5.75 Å². The number of carbonyl (C=O) groups is 2. The van der Waals surface area contributed by atoms with E-state index in [1.165, 1.54) is 11.0 Å². The molecule has 0 saturated carbocycles. The summed E-state index contributed by atoms with van der Waals surface area (Å²) in [6.45, 7) is 2.09. The topological polar surface area (TPSA) is 80.0 Å². The molecule has 1 N–H and O–H groups in total. The van der Waals surface area contributed by atoms with Crippen LogP contribution in [0.3, 0.4) is 0 Å². The molecule has 1 amide bonds. The minimum Gasteiger partial charge on any atom is -0.492 e. The molecule has 1 unspecified atom stereocenters. The molecule has 0 saturated heterocycles. The van der Waals surface area contributed by atoms with Crippen molar-refractivity contribution < 1.29 is 23.8 Å². The average Bonchev–Trinajstić information content (AvgIpc) is 2.94. The van der Waals surface area contributed by atoms with E-state index in [1.807, 2.05) is 6.07 Å². The quantitative estimate of drug-likeness (QED) is 0.902. The highest BCUT2D eigenvalue weighted by Crippen LogP contribution is 2.30. The van der Waals surface area contributed by atoms with Gasteiger partial charge < -0.3 is 19.2 Å². The predicted octanol–water partition coefficient (Wildman–Crippen LogP) is 3.15. The fourth-order valence-corrected chi connectivity index (χ4v) is 3.17. The number of carboxylic acid groups (broad SMARTS) is 1. The Morgan fingerprint density at radius 2 is 2.12 bits per heavy atom. The summed E-state index contributed by atoms with van der Waals surface area (Å²) in [5, 5.41) is 9.68. The zero-order valence-electron chi connectivity index (χ0n) is 13.9. The number of carboxylic acids is 1. The van der Waals surface area contributed by atoms with Gasteiger partial charge in [-0.2, -0.15) is 0 Å². The molecule has 3 rings (SSSR count). The Kier molecular flexibility index (Phi) is 4.72. The number of fused-ring (bicyclic) bond motifs is 1. The van der Waals surface area contributed by atoms with Crippen molar-refractivity contribution in [2.45, 2.75) is 19.9 Å². The van der Waals surface area contributed by atoms with Crippen molar-refractivity contribution in [3.63, 3.8) is 0 Å². The van der Waals surface area contributed by atoms with Crippen LogP contribution in [0, 0.1) is 12.8 Å². The molecule has 2 aromatic rings. The molecule has 1 aliphatic heterocycles. The Bertz CT molecular complexity index is 829. The molecule has 6 nitrogen and oxygen atoms in total. The third-order valence-electron chi connectivity index (χ3n) is 4.25. The largest absolute Gasteiger partial charge is 0.492 e. The Balaban J connectivity index is 1.69. The number of hydrogen-bond donors (Lipinski definition) is 1. The van der Waals surface area contributed by atoms with Crippen molar-refractivity contribution in [1.29, 1.82) is 0 Å². The molecule has 1 aromatic heterocycles. The Morgan fingerprint density at radius 3 is 2.80 bits per heavy atom. The second-order valence-corrected chi connectivity index (χ2v) is 6.58. The molecule has 2 heterocycles. The number of rotatable bonds is 4. The Hall–Kier alpha value is -2.47. The van der Waals surface area contributed by atoms with Crippen LogP contribution in [-0.2, 0) is 17.8 Å². The molecule has 1 aromatic carbocycles. The Labute approximate surface area is 149 Å². The average molecular weight is 364 g/mol. The number of benzene rings is 1.